The summed E-state index contributed by atoms with van der Waals surface area (Å²) in [7, 11) is -5.28. The predicted octanol–water partition coefficient (Wildman–Crippen LogP) is 3.60. The van der Waals surface area contributed by atoms with Gasteiger partial charge in [0.25, 0.3) is 0 Å². The van der Waals surface area contributed by atoms with Gasteiger partial charge >= 0.3 is 11.0 Å². The Bertz CT molecular complexity index is 1560. The van der Waals surface area contributed by atoms with Gasteiger partial charge in [-0.2, -0.15) is 3.96 Å². The molecule has 202 valence electrons. The van der Waals surface area contributed by atoms with Crippen LogP contribution in [0.15, 0.2) is 77.7 Å². The number of rotatable bonds is 8. The zero-order valence-corrected chi connectivity index (χ0v) is 23.0. The van der Waals surface area contributed by atoms with Crippen LogP contribution in [0.3, 0.4) is 0 Å². The van der Waals surface area contributed by atoms with E-state index in [0.717, 1.165) is 22.6 Å². The number of sulfone groups is 1. The van der Waals surface area contributed by atoms with Crippen molar-refractivity contribution in [3.8, 4) is 22.9 Å². The fraction of sp³-hybridized carbons (Fsp3) is 0.167. The van der Waals surface area contributed by atoms with Crippen LogP contribution in [-0.4, -0.2) is 45.1 Å². The number of ether oxygens (including phenoxy) is 2. The molecule has 0 fully saturated rings. The van der Waals surface area contributed by atoms with Crippen molar-refractivity contribution >= 4 is 42.6 Å². The number of nitrogens with zero attached hydrogens (tertiary/aromatic N) is 2. The third kappa shape index (κ3) is 8.49. The van der Waals surface area contributed by atoms with Gasteiger partial charge in [-0.05, 0) is 72.6 Å². The molecular weight excluding hydrogens is 554 g/mol. The Labute approximate surface area is 225 Å². The van der Waals surface area contributed by atoms with Crippen LogP contribution in [0.2, 0.25) is 0 Å². The molecule has 0 aliphatic carbocycles. The van der Waals surface area contributed by atoms with Gasteiger partial charge in [0.05, 0.1) is 24.7 Å². The molecule has 1 aromatic heterocycles. The van der Waals surface area contributed by atoms with Crippen molar-refractivity contribution in [2.45, 2.75) is 17.7 Å². The number of methoxy groups -OCH3 is 2. The molecule has 0 unspecified atom stereocenters. The molecule has 38 heavy (non-hydrogen) atoms. The summed E-state index contributed by atoms with van der Waals surface area (Å²) < 4.78 is 71.2. The molecule has 0 atom stereocenters. The molecule has 2 N–H and O–H groups in total. The van der Waals surface area contributed by atoms with Gasteiger partial charge in [0.15, 0.2) is 0 Å². The highest BCUT2D eigenvalue weighted by molar-refractivity contribution is 7.90. The SMILES string of the molecule is COc1ccc(Nc2nc(-c3ccc(OC)cc3)[n+](CS(=O)(=O)c3ccc(C)cc3)s2)cc1.O=S(=O)([O-])O. The van der Waals surface area contributed by atoms with E-state index in [4.69, 9.17) is 32.0 Å². The molecule has 11 nitrogen and oxygen atoms in total. The van der Waals surface area contributed by atoms with Crippen LogP contribution in [0.1, 0.15) is 5.56 Å². The molecule has 4 aromatic rings. The molecule has 0 aliphatic rings. The average Bonchev–Trinajstić information content (AvgIpc) is 3.25. The van der Waals surface area contributed by atoms with Crippen molar-refractivity contribution in [2.24, 2.45) is 0 Å². The molecular formula is C24H25N3O8S3. The second-order valence-electron chi connectivity index (χ2n) is 7.78. The quantitative estimate of drug-likeness (QED) is 0.179. The Balaban J connectivity index is 0.000000732. The molecule has 14 heteroatoms. The summed E-state index contributed by atoms with van der Waals surface area (Å²) in [5, 5.41) is 3.83. The van der Waals surface area contributed by atoms with E-state index >= 15 is 0 Å². The summed E-state index contributed by atoms with van der Waals surface area (Å²) in [6.45, 7) is 1.92. The Morgan fingerprint density at radius 2 is 1.39 bits per heavy atom. The van der Waals surface area contributed by atoms with Gasteiger partial charge in [0.2, 0.25) is 26.1 Å². The third-order valence-corrected chi connectivity index (χ3v) is 7.64. The predicted molar refractivity (Wildman–Crippen MR) is 141 cm³/mol. The van der Waals surface area contributed by atoms with Crippen molar-refractivity contribution in [3.63, 3.8) is 0 Å². The molecule has 0 radical (unpaired) electrons. The zero-order valence-electron chi connectivity index (χ0n) is 20.6. The molecule has 1 heterocycles. The molecule has 0 aliphatic heterocycles. The Hall–Kier alpha value is -3.56. The number of nitrogens with one attached hydrogen (secondary N) is 1. The van der Waals surface area contributed by atoms with Crippen molar-refractivity contribution < 1.29 is 39.4 Å². The first-order valence-electron chi connectivity index (χ1n) is 10.8. The fourth-order valence-corrected chi connectivity index (χ4v) is 5.67. The summed E-state index contributed by atoms with van der Waals surface area (Å²) in [6.07, 6.45) is 0. The lowest BCUT2D eigenvalue weighted by Gasteiger charge is -2.04. The minimum atomic E-state index is -4.92. The van der Waals surface area contributed by atoms with Gasteiger partial charge < -0.3 is 19.3 Å². The maximum absolute atomic E-state index is 13.1. The highest BCUT2D eigenvalue weighted by atomic mass is 32.3. The van der Waals surface area contributed by atoms with Gasteiger partial charge in [0.1, 0.15) is 23.0 Å². The van der Waals surface area contributed by atoms with E-state index in [9.17, 15) is 8.42 Å². The molecule has 0 saturated carbocycles. The first kappa shape index (κ1) is 29.0. The van der Waals surface area contributed by atoms with E-state index in [1.54, 1.807) is 42.4 Å². The van der Waals surface area contributed by atoms with Crippen LogP contribution in [0, 0.1) is 6.92 Å². The van der Waals surface area contributed by atoms with E-state index in [2.05, 4.69) is 5.32 Å². The minimum Gasteiger partial charge on any atom is -0.726 e. The third-order valence-electron chi connectivity index (χ3n) is 5.00. The van der Waals surface area contributed by atoms with Crippen LogP contribution in [0.4, 0.5) is 10.8 Å². The first-order valence-corrected chi connectivity index (χ1v) is 14.6. The number of aromatic nitrogens is 2. The lowest BCUT2D eigenvalue weighted by molar-refractivity contribution is -0.597. The van der Waals surface area contributed by atoms with Gasteiger partial charge in [-0.15, -0.1) is 0 Å². The molecule has 4 rings (SSSR count). The largest absolute Gasteiger partial charge is 0.726 e. The molecule has 0 spiro atoms. The van der Waals surface area contributed by atoms with Gasteiger partial charge in [-0.25, -0.2) is 16.8 Å². The lowest BCUT2D eigenvalue weighted by atomic mass is 10.2. The van der Waals surface area contributed by atoms with Crippen LogP contribution in [0.5, 0.6) is 11.5 Å². The van der Waals surface area contributed by atoms with Crippen LogP contribution >= 0.6 is 11.5 Å². The summed E-state index contributed by atoms with van der Waals surface area (Å²) in [4.78, 5) is 4.98. The summed E-state index contributed by atoms with van der Waals surface area (Å²) in [6, 6.07) is 21.7. The maximum Gasteiger partial charge on any atom is 0.346 e. The topological polar surface area (TPSA) is 159 Å². The van der Waals surface area contributed by atoms with E-state index < -0.39 is 20.2 Å². The number of benzene rings is 3. The second kappa shape index (κ2) is 12.3. The molecule has 0 amide bonds. The Morgan fingerprint density at radius 1 is 0.895 bits per heavy atom. The normalized spacial score (nSPS) is 11.3. The minimum absolute atomic E-state index is 0.223. The van der Waals surface area contributed by atoms with Crippen molar-refractivity contribution in [3.05, 3.63) is 78.4 Å². The van der Waals surface area contributed by atoms with Gasteiger partial charge in [-0.3, -0.25) is 4.55 Å². The molecule has 0 saturated heterocycles. The van der Waals surface area contributed by atoms with E-state index in [0.29, 0.717) is 16.7 Å². The lowest BCUT2D eigenvalue weighted by Crippen LogP contribution is -2.36. The van der Waals surface area contributed by atoms with Crippen LogP contribution in [0.25, 0.3) is 11.4 Å². The summed E-state index contributed by atoms with van der Waals surface area (Å²) >= 11 is 1.25. The Kier molecular flexibility index (Phi) is 9.40. The first-order chi connectivity index (χ1) is 17.9. The van der Waals surface area contributed by atoms with Gasteiger partial charge in [0, 0.05) is 5.69 Å². The number of hydrogen-bond donors (Lipinski definition) is 2. The highest BCUT2D eigenvalue weighted by Crippen LogP contribution is 2.26. The summed E-state index contributed by atoms with van der Waals surface area (Å²) in [5.41, 5.74) is 2.61. The number of anilines is 2. The summed E-state index contributed by atoms with van der Waals surface area (Å²) in [5.74, 6) is 1.79. The van der Waals surface area contributed by atoms with Crippen molar-refractivity contribution in [1.82, 2.24) is 4.98 Å². The average molecular weight is 580 g/mol. The van der Waals surface area contributed by atoms with Gasteiger partial charge in [-0.1, -0.05) is 17.7 Å². The number of aryl methyl sites for hydroxylation is 1. The Morgan fingerprint density at radius 3 is 1.89 bits per heavy atom. The monoisotopic (exact) mass is 579 g/mol. The molecule has 0 bridgehead atoms. The van der Waals surface area contributed by atoms with Crippen molar-refractivity contribution in [2.75, 3.05) is 19.5 Å². The van der Waals surface area contributed by atoms with E-state index in [1.807, 2.05) is 55.5 Å². The standard InChI is InChI=1S/C24H23N3O4S2.H2O4S/c1-17-4-14-22(15-5-17)33(28,29)16-27-23(18-6-10-20(30-2)11-7-18)26-24(32-27)25-19-8-12-21(31-3)13-9-19;1-5(2,3)4/h4-15H,16H2,1-3H3;(H2,1,2,3,4). The fourth-order valence-electron chi connectivity index (χ4n) is 3.18. The van der Waals surface area contributed by atoms with Crippen LogP contribution in [-0.2, 0) is 26.1 Å². The van der Waals surface area contributed by atoms with Crippen LogP contribution < -0.4 is 18.7 Å². The zero-order chi connectivity index (χ0) is 27.9. The smallest absolute Gasteiger partial charge is 0.346 e. The maximum atomic E-state index is 13.1. The van der Waals surface area contributed by atoms with E-state index in [1.165, 1.54) is 11.5 Å². The highest BCUT2D eigenvalue weighted by Gasteiger charge is 2.28. The van der Waals surface area contributed by atoms with Crippen molar-refractivity contribution in [1.29, 1.82) is 0 Å². The molecule has 3 aromatic carbocycles. The van der Waals surface area contributed by atoms with E-state index in [-0.39, 0.29) is 10.8 Å². The second-order valence-corrected chi connectivity index (χ2v) is 11.6. The number of hydrogen-bond acceptors (Lipinski definition) is 10.